The molecule has 1 aromatic carbocycles. The van der Waals surface area contributed by atoms with E-state index in [1.807, 2.05) is 17.9 Å². The third-order valence-electron chi connectivity index (χ3n) is 4.10. The smallest absolute Gasteiger partial charge is 0.303 e. The lowest BCUT2D eigenvalue weighted by atomic mass is 9.93. The van der Waals surface area contributed by atoms with Crippen molar-refractivity contribution in [3.05, 3.63) is 29.3 Å². The molecule has 5 nitrogen and oxygen atoms in total. The van der Waals surface area contributed by atoms with E-state index in [9.17, 15) is 9.59 Å². The number of aliphatic carboxylic acids is 1. The summed E-state index contributed by atoms with van der Waals surface area (Å²) in [5, 5.41) is 8.76. The number of carboxylic acids is 1. The fraction of sp³-hybridized carbons (Fsp3) is 0.500. The molecular weight excluding hydrogens is 268 g/mol. The summed E-state index contributed by atoms with van der Waals surface area (Å²) in [4.78, 5) is 25.0. The number of amides is 1. The Morgan fingerprint density at radius 3 is 2.86 bits per heavy atom. The normalized spacial score (nSPS) is 18.5. The van der Waals surface area contributed by atoms with Gasteiger partial charge in [0.15, 0.2) is 0 Å². The summed E-state index contributed by atoms with van der Waals surface area (Å²) in [5.41, 5.74) is 8.06. The molecule has 3 N–H and O–H groups in total. The number of hydrogen-bond acceptors (Lipinski definition) is 3. The highest BCUT2D eigenvalue weighted by Crippen LogP contribution is 2.23. The highest BCUT2D eigenvalue weighted by atomic mass is 16.4. The summed E-state index contributed by atoms with van der Waals surface area (Å²) in [5.74, 6) is -0.506. The third kappa shape index (κ3) is 3.97. The molecule has 1 saturated heterocycles. The van der Waals surface area contributed by atoms with E-state index >= 15 is 0 Å². The number of carboxylic acid groups (broad SMARTS) is 1. The molecule has 1 atom stereocenters. The molecule has 1 heterocycles. The Bertz CT molecular complexity index is 542. The molecule has 1 aliphatic rings. The molecular formula is C16H22N2O3. The van der Waals surface area contributed by atoms with Gasteiger partial charge in [-0.3, -0.25) is 9.59 Å². The molecule has 0 radical (unpaired) electrons. The first-order valence-corrected chi connectivity index (χ1v) is 7.34. The van der Waals surface area contributed by atoms with Crippen LogP contribution in [0.5, 0.6) is 0 Å². The van der Waals surface area contributed by atoms with Crippen LogP contribution in [-0.2, 0) is 4.79 Å². The van der Waals surface area contributed by atoms with E-state index in [0.29, 0.717) is 24.2 Å². The van der Waals surface area contributed by atoms with E-state index < -0.39 is 5.97 Å². The van der Waals surface area contributed by atoms with Crippen molar-refractivity contribution in [2.45, 2.75) is 32.6 Å². The summed E-state index contributed by atoms with van der Waals surface area (Å²) in [6, 6.07) is 5.38. The van der Waals surface area contributed by atoms with Crippen LogP contribution in [0.3, 0.4) is 0 Å². The van der Waals surface area contributed by atoms with Gasteiger partial charge in [0.2, 0.25) is 0 Å². The van der Waals surface area contributed by atoms with Crippen LogP contribution >= 0.6 is 0 Å². The number of carbonyl (C=O) groups excluding carboxylic acids is 1. The number of rotatable bonds is 4. The van der Waals surface area contributed by atoms with Crippen LogP contribution in [0.15, 0.2) is 18.2 Å². The number of aryl methyl sites for hydroxylation is 1. The number of benzene rings is 1. The van der Waals surface area contributed by atoms with Crippen LogP contribution in [-0.4, -0.2) is 35.0 Å². The molecule has 114 valence electrons. The standard InChI is InChI=1S/C16H22N2O3/c1-11-4-6-13(9-14(11)17)16(21)18-8-2-3-12(10-18)5-7-15(19)20/h4,6,9,12H,2-3,5,7-8,10,17H2,1H3,(H,19,20). The zero-order valence-electron chi connectivity index (χ0n) is 12.3. The van der Waals surface area contributed by atoms with Gasteiger partial charge in [-0.2, -0.15) is 0 Å². The van der Waals surface area contributed by atoms with Gasteiger partial charge in [0.05, 0.1) is 0 Å². The number of nitrogens with zero attached hydrogens (tertiary/aromatic N) is 1. The van der Waals surface area contributed by atoms with Crippen molar-refractivity contribution in [3.8, 4) is 0 Å². The average Bonchev–Trinajstić information content (AvgIpc) is 2.47. The van der Waals surface area contributed by atoms with E-state index in [0.717, 1.165) is 24.9 Å². The lowest BCUT2D eigenvalue weighted by Gasteiger charge is -2.32. The second-order valence-corrected chi connectivity index (χ2v) is 5.76. The first-order chi connectivity index (χ1) is 9.97. The van der Waals surface area contributed by atoms with Crippen LogP contribution in [0.25, 0.3) is 0 Å². The van der Waals surface area contributed by atoms with Crippen molar-refractivity contribution < 1.29 is 14.7 Å². The number of likely N-dealkylation sites (tertiary alicyclic amines) is 1. The predicted octanol–water partition coefficient (Wildman–Crippen LogP) is 2.29. The monoisotopic (exact) mass is 290 g/mol. The van der Waals surface area contributed by atoms with E-state index in [2.05, 4.69) is 0 Å². The topological polar surface area (TPSA) is 83.6 Å². The van der Waals surface area contributed by atoms with Gasteiger partial charge in [0, 0.05) is 30.8 Å². The predicted molar refractivity (Wildman–Crippen MR) is 81.1 cm³/mol. The Morgan fingerprint density at radius 1 is 1.43 bits per heavy atom. The second kappa shape index (κ2) is 6.61. The second-order valence-electron chi connectivity index (χ2n) is 5.76. The molecule has 1 aliphatic heterocycles. The van der Waals surface area contributed by atoms with E-state index in [4.69, 9.17) is 10.8 Å². The first-order valence-electron chi connectivity index (χ1n) is 7.34. The molecule has 1 unspecified atom stereocenters. The van der Waals surface area contributed by atoms with Crippen molar-refractivity contribution in [2.75, 3.05) is 18.8 Å². The summed E-state index contributed by atoms with van der Waals surface area (Å²) in [6.07, 6.45) is 2.73. The maximum absolute atomic E-state index is 12.5. The summed E-state index contributed by atoms with van der Waals surface area (Å²) >= 11 is 0. The SMILES string of the molecule is Cc1ccc(C(=O)N2CCCC(CCC(=O)O)C2)cc1N. The van der Waals surface area contributed by atoms with Crippen LogP contribution < -0.4 is 5.73 Å². The van der Waals surface area contributed by atoms with Gasteiger partial charge in [-0.05, 0) is 49.8 Å². The molecule has 0 aliphatic carbocycles. The average molecular weight is 290 g/mol. The van der Waals surface area contributed by atoms with Gasteiger partial charge in [-0.1, -0.05) is 6.07 Å². The van der Waals surface area contributed by atoms with Gasteiger partial charge < -0.3 is 15.7 Å². The molecule has 1 aromatic rings. The van der Waals surface area contributed by atoms with E-state index in [-0.39, 0.29) is 18.2 Å². The molecule has 1 amide bonds. The highest BCUT2D eigenvalue weighted by Gasteiger charge is 2.25. The number of piperidine rings is 1. The highest BCUT2D eigenvalue weighted by molar-refractivity contribution is 5.95. The Morgan fingerprint density at radius 2 is 2.19 bits per heavy atom. The van der Waals surface area contributed by atoms with E-state index in [1.54, 1.807) is 12.1 Å². The largest absolute Gasteiger partial charge is 0.481 e. The van der Waals surface area contributed by atoms with Gasteiger partial charge in [0.25, 0.3) is 5.91 Å². The van der Waals surface area contributed by atoms with Crippen molar-refractivity contribution in [1.82, 2.24) is 4.90 Å². The summed E-state index contributed by atoms with van der Waals surface area (Å²) < 4.78 is 0. The van der Waals surface area contributed by atoms with Crippen molar-refractivity contribution in [2.24, 2.45) is 5.92 Å². The van der Waals surface area contributed by atoms with Crippen LogP contribution in [0.4, 0.5) is 5.69 Å². The Hall–Kier alpha value is -2.04. The number of carbonyl (C=O) groups is 2. The fourth-order valence-corrected chi connectivity index (χ4v) is 2.77. The minimum atomic E-state index is -0.773. The zero-order chi connectivity index (χ0) is 15.4. The van der Waals surface area contributed by atoms with E-state index in [1.165, 1.54) is 0 Å². The fourth-order valence-electron chi connectivity index (χ4n) is 2.77. The van der Waals surface area contributed by atoms with Crippen LogP contribution in [0.2, 0.25) is 0 Å². The Kier molecular flexibility index (Phi) is 4.83. The molecule has 0 saturated carbocycles. The first kappa shape index (κ1) is 15.4. The quantitative estimate of drug-likeness (QED) is 0.833. The molecule has 5 heteroatoms. The van der Waals surface area contributed by atoms with Gasteiger partial charge in [-0.15, -0.1) is 0 Å². The van der Waals surface area contributed by atoms with Gasteiger partial charge >= 0.3 is 5.97 Å². The Balaban J connectivity index is 2.01. The van der Waals surface area contributed by atoms with Gasteiger partial charge in [0.1, 0.15) is 0 Å². The number of nitrogen functional groups attached to an aromatic ring is 1. The molecule has 1 fully saturated rings. The number of anilines is 1. The van der Waals surface area contributed by atoms with Crippen LogP contribution in [0, 0.1) is 12.8 Å². The molecule has 2 rings (SSSR count). The number of nitrogens with two attached hydrogens (primary N) is 1. The summed E-state index contributed by atoms with van der Waals surface area (Å²) in [6.45, 7) is 3.28. The van der Waals surface area contributed by atoms with Crippen LogP contribution in [0.1, 0.15) is 41.6 Å². The lowest BCUT2D eigenvalue weighted by molar-refractivity contribution is -0.137. The maximum atomic E-state index is 12.5. The van der Waals surface area contributed by atoms with Crippen molar-refractivity contribution in [1.29, 1.82) is 0 Å². The maximum Gasteiger partial charge on any atom is 0.303 e. The third-order valence-corrected chi connectivity index (χ3v) is 4.10. The minimum Gasteiger partial charge on any atom is -0.481 e. The summed E-state index contributed by atoms with van der Waals surface area (Å²) in [7, 11) is 0. The van der Waals surface area contributed by atoms with Gasteiger partial charge in [-0.25, -0.2) is 0 Å². The molecule has 0 bridgehead atoms. The lowest BCUT2D eigenvalue weighted by Crippen LogP contribution is -2.40. The Labute approximate surface area is 124 Å². The molecule has 0 aromatic heterocycles. The molecule has 21 heavy (non-hydrogen) atoms. The minimum absolute atomic E-state index is 0.0123. The zero-order valence-corrected chi connectivity index (χ0v) is 12.3. The number of hydrogen-bond donors (Lipinski definition) is 2. The van der Waals surface area contributed by atoms with Crippen molar-refractivity contribution in [3.63, 3.8) is 0 Å². The van der Waals surface area contributed by atoms with Crippen molar-refractivity contribution >= 4 is 17.6 Å². The molecule has 0 spiro atoms.